The summed E-state index contributed by atoms with van der Waals surface area (Å²) in [5.74, 6) is -1.12. The van der Waals surface area contributed by atoms with Gasteiger partial charge in [0.1, 0.15) is 0 Å². The van der Waals surface area contributed by atoms with E-state index in [2.05, 4.69) is 9.93 Å². The van der Waals surface area contributed by atoms with Gasteiger partial charge in [-0.3, -0.25) is 0 Å². The molecule has 0 aliphatic carbocycles. The molecule has 0 fully saturated rings. The van der Waals surface area contributed by atoms with Crippen LogP contribution in [0.2, 0.25) is 0 Å². The van der Waals surface area contributed by atoms with E-state index < -0.39 is 17.2 Å². The van der Waals surface area contributed by atoms with Crippen molar-refractivity contribution in [2.75, 3.05) is 0 Å². The molecule has 0 amide bonds. The fourth-order valence-electron chi connectivity index (χ4n) is 0.240. The highest BCUT2D eigenvalue weighted by molar-refractivity contribution is 5.76. The highest BCUT2D eigenvalue weighted by atomic mass is 17.5. The number of carbonyl (C=O) groups is 1. The maximum absolute atomic E-state index is 10.5. The lowest BCUT2D eigenvalue weighted by atomic mass is 10.1. The molecule has 0 radical (unpaired) electrons. The molecule has 0 rings (SSSR count). The van der Waals surface area contributed by atoms with E-state index >= 15 is 0 Å². The molecule has 0 saturated heterocycles. The van der Waals surface area contributed by atoms with Crippen LogP contribution in [0.3, 0.4) is 0 Å². The fraction of sp³-hybridized carbons (Fsp3) is 0.875. The van der Waals surface area contributed by atoms with E-state index in [-0.39, 0.29) is 0 Å². The molecule has 0 atom stereocenters. The summed E-state index contributed by atoms with van der Waals surface area (Å²) in [7, 11) is 0. The van der Waals surface area contributed by atoms with Crippen LogP contribution in [-0.2, 0) is 19.6 Å². The molecule has 78 valence electrons. The number of hydrogen-bond donors (Lipinski definition) is 1. The largest absolute Gasteiger partial charge is 0.479 e. The third-order valence-electron chi connectivity index (χ3n) is 1.04. The van der Waals surface area contributed by atoms with Crippen molar-refractivity contribution in [3.05, 3.63) is 0 Å². The predicted octanol–water partition coefficient (Wildman–Crippen LogP) is 1.53. The molecule has 0 heterocycles. The van der Waals surface area contributed by atoms with Crippen LogP contribution in [0.15, 0.2) is 0 Å². The third-order valence-corrected chi connectivity index (χ3v) is 1.04. The van der Waals surface area contributed by atoms with Crippen LogP contribution < -0.4 is 0 Å². The van der Waals surface area contributed by atoms with Gasteiger partial charge in [-0.15, -0.1) is 0 Å². The highest BCUT2D eigenvalue weighted by Gasteiger charge is 2.31. The Morgan fingerprint density at radius 2 is 1.54 bits per heavy atom. The Kier molecular flexibility index (Phi) is 3.84. The quantitative estimate of drug-likeness (QED) is 0.540. The molecule has 0 aromatic carbocycles. The van der Waals surface area contributed by atoms with Crippen LogP contribution in [0, 0.1) is 0 Å². The summed E-state index contributed by atoms with van der Waals surface area (Å²) in [4.78, 5) is 19.8. The van der Waals surface area contributed by atoms with E-state index in [4.69, 9.17) is 9.99 Å². The Morgan fingerprint density at radius 1 is 1.08 bits per heavy atom. The Balaban J connectivity index is 3.84. The lowest BCUT2D eigenvalue weighted by molar-refractivity contribution is -0.557. The highest BCUT2D eigenvalue weighted by Crippen LogP contribution is 2.13. The van der Waals surface area contributed by atoms with Crippen molar-refractivity contribution in [1.29, 1.82) is 0 Å². The van der Waals surface area contributed by atoms with Gasteiger partial charge in [0, 0.05) is 0 Å². The summed E-state index contributed by atoms with van der Waals surface area (Å²) in [6, 6.07) is 0. The van der Waals surface area contributed by atoms with E-state index in [0.717, 1.165) is 0 Å². The second-order valence-electron chi connectivity index (χ2n) is 4.16. The molecule has 0 aromatic heterocycles. The maximum Gasteiger partial charge on any atom is 0.338 e. The van der Waals surface area contributed by atoms with Crippen LogP contribution in [0.25, 0.3) is 0 Å². The Bertz CT molecular complexity index is 179. The molecule has 0 unspecified atom stereocenters. The zero-order chi connectivity index (χ0) is 10.7. The van der Waals surface area contributed by atoms with Crippen LogP contribution in [0.1, 0.15) is 34.6 Å². The van der Waals surface area contributed by atoms with Gasteiger partial charge in [0.15, 0.2) is 5.60 Å². The van der Waals surface area contributed by atoms with Gasteiger partial charge in [-0.1, -0.05) is 5.04 Å². The summed E-state index contributed by atoms with van der Waals surface area (Å²) >= 11 is 0. The van der Waals surface area contributed by atoms with Crippen molar-refractivity contribution in [2.45, 2.75) is 45.8 Å². The lowest BCUT2D eigenvalue weighted by Crippen LogP contribution is -2.36. The van der Waals surface area contributed by atoms with Gasteiger partial charge < -0.3 is 5.11 Å². The first kappa shape index (κ1) is 12.3. The predicted molar refractivity (Wildman–Crippen MR) is 44.7 cm³/mol. The van der Waals surface area contributed by atoms with Gasteiger partial charge in [-0.2, -0.15) is 4.89 Å². The van der Waals surface area contributed by atoms with E-state index in [0.29, 0.717) is 0 Å². The van der Waals surface area contributed by atoms with Gasteiger partial charge in [0.05, 0.1) is 5.60 Å². The van der Waals surface area contributed by atoms with Crippen LogP contribution >= 0.6 is 0 Å². The Labute approximate surface area is 77.4 Å². The molecular weight excluding hydrogens is 176 g/mol. The fourth-order valence-corrected chi connectivity index (χ4v) is 0.240. The normalized spacial score (nSPS) is 13.0. The van der Waals surface area contributed by atoms with Crippen molar-refractivity contribution < 1.29 is 24.7 Å². The van der Waals surface area contributed by atoms with Crippen molar-refractivity contribution in [3.63, 3.8) is 0 Å². The van der Waals surface area contributed by atoms with Crippen molar-refractivity contribution in [3.8, 4) is 0 Å². The van der Waals surface area contributed by atoms with Gasteiger partial charge in [-0.05, 0) is 34.6 Å². The molecule has 0 aromatic rings. The molecule has 0 bridgehead atoms. The first-order chi connectivity index (χ1) is 5.65. The van der Waals surface area contributed by atoms with Crippen molar-refractivity contribution >= 4 is 5.97 Å². The summed E-state index contributed by atoms with van der Waals surface area (Å²) in [6.45, 7) is 7.99. The molecule has 5 heteroatoms. The standard InChI is InChI=1S/C8H16O5/c1-7(2,3)11-13-12-8(4,5)6(9)10/h1-5H3,(H,9,10). The zero-order valence-corrected chi connectivity index (χ0v) is 8.58. The molecule has 5 nitrogen and oxygen atoms in total. The number of rotatable bonds is 4. The summed E-state index contributed by atoms with van der Waals surface area (Å²) in [5, 5.41) is 13.0. The summed E-state index contributed by atoms with van der Waals surface area (Å²) < 4.78 is 0. The van der Waals surface area contributed by atoms with E-state index in [1.165, 1.54) is 13.8 Å². The van der Waals surface area contributed by atoms with Gasteiger partial charge in [-0.25, -0.2) is 9.68 Å². The van der Waals surface area contributed by atoms with Gasteiger partial charge in [0.25, 0.3) is 0 Å². The Hall–Kier alpha value is -0.650. The maximum atomic E-state index is 10.5. The van der Waals surface area contributed by atoms with Gasteiger partial charge in [0.2, 0.25) is 0 Å². The van der Waals surface area contributed by atoms with Crippen LogP contribution in [0.4, 0.5) is 0 Å². The first-order valence-electron chi connectivity index (χ1n) is 3.92. The number of hydrogen-bond acceptors (Lipinski definition) is 4. The topological polar surface area (TPSA) is 65.0 Å². The molecule has 1 N–H and O–H groups in total. The second-order valence-corrected chi connectivity index (χ2v) is 4.16. The first-order valence-corrected chi connectivity index (χ1v) is 3.92. The number of aliphatic carboxylic acids is 1. The van der Waals surface area contributed by atoms with E-state index in [1.54, 1.807) is 20.8 Å². The summed E-state index contributed by atoms with van der Waals surface area (Å²) in [6.07, 6.45) is 0. The van der Waals surface area contributed by atoms with Crippen molar-refractivity contribution in [1.82, 2.24) is 0 Å². The minimum Gasteiger partial charge on any atom is -0.479 e. The average Bonchev–Trinajstić information content (AvgIpc) is 1.82. The van der Waals surface area contributed by atoms with E-state index in [1.807, 2.05) is 0 Å². The van der Waals surface area contributed by atoms with Crippen molar-refractivity contribution in [2.24, 2.45) is 0 Å². The monoisotopic (exact) mass is 192 g/mol. The number of carboxylic acid groups (broad SMARTS) is 1. The minimum absolute atomic E-state index is 0.533. The molecule has 0 saturated carbocycles. The third kappa shape index (κ3) is 5.57. The molecule has 0 spiro atoms. The minimum atomic E-state index is -1.41. The van der Waals surface area contributed by atoms with E-state index in [9.17, 15) is 4.79 Å². The molecular formula is C8H16O5. The molecule has 0 aliphatic heterocycles. The smallest absolute Gasteiger partial charge is 0.338 e. The summed E-state index contributed by atoms with van der Waals surface area (Å²) in [5.41, 5.74) is -1.94. The Morgan fingerprint density at radius 3 is 1.85 bits per heavy atom. The second kappa shape index (κ2) is 4.04. The lowest BCUT2D eigenvalue weighted by Gasteiger charge is -2.21. The van der Waals surface area contributed by atoms with Crippen LogP contribution in [-0.4, -0.2) is 22.3 Å². The average molecular weight is 192 g/mol. The number of carboxylic acids is 1. The molecule has 0 aliphatic rings. The molecule has 13 heavy (non-hydrogen) atoms. The van der Waals surface area contributed by atoms with Gasteiger partial charge >= 0.3 is 5.97 Å². The zero-order valence-electron chi connectivity index (χ0n) is 8.58. The SMILES string of the molecule is CC(C)(C)OOOC(C)(C)C(=O)O. The van der Waals surface area contributed by atoms with Crippen LogP contribution in [0.5, 0.6) is 0 Å².